The van der Waals surface area contributed by atoms with Gasteiger partial charge in [-0.1, -0.05) is 35.9 Å². The summed E-state index contributed by atoms with van der Waals surface area (Å²) in [6.45, 7) is 2.10. The molecule has 2 aromatic heterocycles. The van der Waals surface area contributed by atoms with Crippen LogP contribution in [0.5, 0.6) is 5.75 Å². The van der Waals surface area contributed by atoms with Crippen molar-refractivity contribution in [2.75, 3.05) is 12.0 Å². The van der Waals surface area contributed by atoms with Crippen molar-refractivity contribution >= 4 is 23.0 Å². The van der Waals surface area contributed by atoms with E-state index in [-0.39, 0.29) is 12.1 Å². The molecule has 0 radical (unpaired) electrons. The van der Waals surface area contributed by atoms with Crippen molar-refractivity contribution in [1.82, 2.24) is 14.9 Å². The van der Waals surface area contributed by atoms with Crippen molar-refractivity contribution in [1.29, 1.82) is 0 Å². The first-order valence-electron chi connectivity index (χ1n) is 10.6. The Morgan fingerprint density at radius 2 is 1.72 bits per heavy atom. The van der Waals surface area contributed by atoms with Crippen LogP contribution in [-0.2, 0) is 0 Å². The molecule has 5 nitrogen and oxygen atoms in total. The molecule has 0 bridgehead atoms. The number of anilines is 1. The van der Waals surface area contributed by atoms with Gasteiger partial charge < -0.3 is 19.5 Å². The number of hydrogen-bond donors (Lipinski definition) is 1. The molecule has 32 heavy (non-hydrogen) atoms. The minimum atomic E-state index is -0.120. The van der Waals surface area contributed by atoms with Crippen molar-refractivity contribution in [2.24, 2.45) is 0 Å². The number of nitrogens with zero attached hydrogens (tertiary/aromatic N) is 3. The van der Waals surface area contributed by atoms with E-state index in [2.05, 4.69) is 69.3 Å². The van der Waals surface area contributed by atoms with E-state index < -0.39 is 0 Å². The maximum atomic E-state index is 5.86. The number of rotatable bonds is 5. The Bertz CT molecular complexity index is 1240. The zero-order valence-corrected chi connectivity index (χ0v) is 18.8. The lowest BCUT2D eigenvalue weighted by molar-refractivity contribution is 0.414. The van der Waals surface area contributed by atoms with Gasteiger partial charge >= 0.3 is 0 Å². The molecular formula is C26H24N4OS. The molecule has 1 saturated heterocycles. The van der Waals surface area contributed by atoms with Crippen molar-refractivity contribution in [3.8, 4) is 11.4 Å². The highest BCUT2D eigenvalue weighted by Crippen LogP contribution is 2.44. The molecule has 0 amide bonds. The highest BCUT2D eigenvalue weighted by atomic mass is 32.1. The van der Waals surface area contributed by atoms with Crippen LogP contribution in [0.15, 0.2) is 91.3 Å². The summed E-state index contributed by atoms with van der Waals surface area (Å²) >= 11 is 5.86. The lowest BCUT2D eigenvalue weighted by atomic mass is 10.0. The van der Waals surface area contributed by atoms with Gasteiger partial charge in [0.15, 0.2) is 5.11 Å². The molecule has 3 heterocycles. The maximum absolute atomic E-state index is 5.86. The average Bonchev–Trinajstić information content (AvgIpc) is 3.44. The van der Waals surface area contributed by atoms with Crippen LogP contribution in [0.2, 0.25) is 0 Å². The fourth-order valence-electron chi connectivity index (χ4n) is 4.32. The quantitative estimate of drug-likeness (QED) is 0.423. The molecule has 2 atom stereocenters. The molecule has 1 N–H and O–H groups in total. The van der Waals surface area contributed by atoms with Gasteiger partial charge in [-0.05, 0) is 67.7 Å². The predicted molar refractivity (Wildman–Crippen MR) is 131 cm³/mol. The lowest BCUT2D eigenvalue weighted by Gasteiger charge is -2.30. The van der Waals surface area contributed by atoms with E-state index in [1.54, 1.807) is 7.11 Å². The number of thiocarbonyl (C=S) groups is 1. The average molecular weight is 441 g/mol. The van der Waals surface area contributed by atoms with Gasteiger partial charge in [-0.15, -0.1) is 0 Å². The standard InChI is InChI=1S/C26H24N4OS/c1-18-12-14-19(15-13-18)29-17-7-10-22(29)25-24(20-8-5-6-16-27-20)28-26(32)30(25)21-9-3-4-11-23(21)31-2/h3-17,24-25H,1-2H3,(H,28,32)/t24-,25-/m1/s1. The number of methoxy groups -OCH3 is 1. The van der Waals surface area contributed by atoms with Crippen molar-refractivity contribution in [3.63, 3.8) is 0 Å². The first kappa shape index (κ1) is 20.3. The Balaban J connectivity index is 1.68. The zero-order chi connectivity index (χ0) is 22.1. The highest BCUT2D eigenvalue weighted by Gasteiger charge is 2.43. The van der Waals surface area contributed by atoms with Crippen LogP contribution in [0.3, 0.4) is 0 Å². The molecule has 0 unspecified atom stereocenters. The van der Waals surface area contributed by atoms with E-state index in [0.717, 1.165) is 28.5 Å². The predicted octanol–water partition coefficient (Wildman–Crippen LogP) is 5.37. The largest absolute Gasteiger partial charge is 0.495 e. The van der Waals surface area contributed by atoms with Gasteiger partial charge in [-0.3, -0.25) is 4.98 Å². The van der Waals surface area contributed by atoms with E-state index in [1.165, 1.54) is 5.56 Å². The number of ether oxygens (including phenoxy) is 1. The van der Waals surface area contributed by atoms with Crippen LogP contribution < -0.4 is 15.0 Å². The van der Waals surface area contributed by atoms with Crippen molar-refractivity contribution < 1.29 is 4.74 Å². The molecule has 6 heteroatoms. The molecular weight excluding hydrogens is 416 g/mol. The van der Waals surface area contributed by atoms with Crippen LogP contribution >= 0.6 is 12.2 Å². The molecule has 1 aliphatic rings. The topological polar surface area (TPSA) is 42.3 Å². The van der Waals surface area contributed by atoms with E-state index >= 15 is 0 Å². The van der Waals surface area contributed by atoms with E-state index in [4.69, 9.17) is 17.0 Å². The number of para-hydroxylation sites is 2. The lowest BCUT2D eigenvalue weighted by Crippen LogP contribution is -2.30. The van der Waals surface area contributed by atoms with Crippen LogP contribution in [-0.4, -0.2) is 21.8 Å². The van der Waals surface area contributed by atoms with Crippen LogP contribution in [0, 0.1) is 6.92 Å². The monoisotopic (exact) mass is 440 g/mol. The van der Waals surface area contributed by atoms with E-state index in [9.17, 15) is 0 Å². The fraction of sp³-hybridized carbons (Fsp3) is 0.154. The molecule has 160 valence electrons. The molecule has 0 spiro atoms. The van der Waals surface area contributed by atoms with Gasteiger partial charge in [-0.25, -0.2) is 0 Å². The minimum absolute atomic E-state index is 0.118. The van der Waals surface area contributed by atoms with Gasteiger partial charge in [0.25, 0.3) is 0 Å². The molecule has 4 aromatic rings. The van der Waals surface area contributed by atoms with Crippen molar-refractivity contribution in [3.05, 3.63) is 108 Å². The number of aromatic nitrogens is 2. The summed E-state index contributed by atoms with van der Waals surface area (Å²) in [7, 11) is 1.69. The molecule has 5 rings (SSSR count). The Kier molecular flexibility index (Phi) is 5.37. The summed E-state index contributed by atoms with van der Waals surface area (Å²) in [5.41, 5.74) is 5.31. The first-order valence-corrected chi connectivity index (χ1v) is 11.0. The summed E-state index contributed by atoms with van der Waals surface area (Å²) in [6, 6.07) is 26.5. The molecule has 1 fully saturated rings. The van der Waals surface area contributed by atoms with Gasteiger partial charge in [0.1, 0.15) is 11.8 Å². The van der Waals surface area contributed by atoms with E-state index in [0.29, 0.717) is 5.11 Å². The second-order valence-electron chi connectivity index (χ2n) is 7.81. The third-order valence-electron chi connectivity index (χ3n) is 5.84. The fourth-order valence-corrected chi connectivity index (χ4v) is 4.66. The van der Waals surface area contributed by atoms with Gasteiger partial charge in [0.05, 0.1) is 24.5 Å². The van der Waals surface area contributed by atoms with E-state index in [1.807, 2.05) is 48.7 Å². The number of pyridine rings is 1. The van der Waals surface area contributed by atoms with Gasteiger partial charge in [0.2, 0.25) is 0 Å². The molecule has 2 aromatic carbocycles. The normalized spacial score (nSPS) is 17.9. The van der Waals surface area contributed by atoms with Crippen LogP contribution in [0.4, 0.5) is 5.69 Å². The summed E-state index contributed by atoms with van der Waals surface area (Å²) in [5, 5.41) is 4.17. The summed E-state index contributed by atoms with van der Waals surface area (Å²) in [6.07, 6.45) is 3.92. The number of aryl methyl sites for hydroxylation is 1. The first-order chi connectivity index (χ1) is 15.7. The van der Waals surface area contributed by atoms with Gasteiger partial charge in [0, 0.05) is 23.8 Å². The SMILES string of the molecule is COc1ccccc1N1C(=S)N[C@H](c2ccccn2)[C@H]1c1cccn1-c1ccc(C)cc1. The Hall–Kier alpha value is -3.64. The minimum Gasteiger partial charge on any atom is -0.495 e. The second-order valence-corrected chi connectivity index (χ2v) is 8.19. The summed E-state index contributed by atoms with van der Waals surface area (Å²) in [5.74, 6) is 0.775. The highest BCUT2D eigenvalue weighted by molar-refractivity contribution is 7.80. The molecule has 0 aliphatic carbocycles. The Labute approximate surface area is 193 Å². The third-order valence-corrected chi connectivity index (χ3v) is 6.15. The second kappa shape index (κ2) is 8.48. The van der Waals surface area contributed by atoms with Gasteiger partial charge in [-0.2, -0.15) is 0 Å². The number of benzene rings is 2. The smallest absolute Gasteiger partial charge is 0.174 e. The Morgan fingerprint density at radius 1 is 0.938 bits per heavy atom. The zero-order valence-electron chi connectivity index (χ0n) is 18.0. The number of hydrogen-bond acceptors (Lipinski definition) is 3. The number of nitrogens with one attached hydrogen (secondary N) is 1. The molecule has 0 saturated carbocycles. The Morgan fingerprint density at radius 3 is 2.47 bits per heavy atom. The van der Waals surface area contributed by atoms with Crippen LogP contribution in [0.1, 0.15) is 29.0 Å². The molecule has 1 aliphatic heterocycles. The van der Waals surface area contributed by atoms with Crippen molar-refractivity contribution in [2.45, 2.75) is 19.0 Å². The third kappa shape index (κ3) is 3.52. The summed E-state index contributed by atoms with van der Waals surface area (Å²) < 4.78 is 7.91. The summed E-state index contributed by atoms with van der Waals surface area (Å²) in [4.78, 5) is 6.80. The van der Waals surface area contributed by atoms with Crippen LogP contribution in [0.25, 0.3) is 5.69 Å². The maximum Gasteiger partial charge on any atom is 0.174 e.